The first-order chi connectivity index (χ1) is 15.8. The van der Waals surface area contributed by atoms with Crippen molar-refractivity contribution in [2.24, 2.45) is 0 Å². The van der Waals surface area contributed by atoms with Gasteiger partial charge in [0.15, 0.2) is 11.5 Å². The lowest BCUT2D eigenvalue weighted by Gasteiger charge is -2.31. The standard InChI is InChI=1S/C24H29N3O5S.ClH/c1-25-12-14-26(15-13-25)23(28)9-8-18-16-21(31-2)24(32-3)22(17-18)33(29,30)27-11-10-19-6-4-5-7-20(19)27;/h4-9,16-17H,10-15H2,1-3H3;1H. The normalized spacial score (nSPS) is 16.3. The van der Waals surface area contributed by atoms with Crippen LogP contribution in [-0.4, -0.2) is 78.1 Å². The highest BCUT2D eigenvalue weighted by Gasteiger charge is 2.34. The minimum atomic E-state index is -3.92. The molecule has 8 nitrogen and oxygen atoms in total. The van der Waals surface area contributed by atoms with E-state index in [1.807, 2.05) is 31.3 Å². The van der Waals surface area contributed by atoms with Gasteiger partial charge >= 0.3 is 0 Å². The van der Waals surface area contributed by atoms with E-state index in [-0.39, 0.29) is 34.7 Å². The van der Waals surface area contributed by atoms with Crippen LogP contribution in [0, 0.1) is 0 Å². The van der Waals surface area contributed by atoms with Crippen LogP contribution in [0.1, 0.15) is 11.1 Å². The number of likely N-dealkylation sites (N-methyl/N-ethyl adjacent to an activating group) is 1. The van der Waals surface area contributed by atoms with Crippen LogP contribution < -0.4 is 13.8 Å². The molecule has 2 heterocycles. The lowest BCUT2D eigenvalue weighted by atomic mass is 10.1. The Balaban J connectivity index is 0.00000324. The number of hydrogen-bond acceptors (Lipinski definition) is 6. The van der Waals surface area contributed by atoms with Crippen molar-refractivity contribution in [2.75, 3.05) is 58.3 Å². The van der Waals surface area contributed by atoms with Gasteiger partial charge in [-0.15, -0.1) is 12.4 Å². The van der Waals surface area contributed by atoms with Gasteiger partial charge in [0.25, 0.3) is 10.0 Å². The van der Waals surface area contributed by atoms with Gasteiger partial charge in [0.1, 0.15) is 4.90 Å². The van der Waals surface area contributed by atoms with Crippen molar-refractivity contribution in [3.8, 4) is 11.5 Å². The van der Waals surface area contributed by atoms with Crippen LogP contribution in [-0.2, 0) is 21.2 Å². The number of sulfonamides is 1. The van der Waals surface area contributed by atoms with Crippen molar-refractivity contribution in [3.63, 3.8) is 0 Å². The van der Waals surface area contributed by atoms with Crippen molar-refractivity contribution < 1.29 is 22.7 Å². The van der Waals surface area contributed by atoms with Crippen LogP contribution in [0.25, 0.3) is 6.08 Å². The fourth-order valence-corrected chi connectivity index (χ4v) is 5.92. The molecule has 2 aliphatic heterocycles. The predicted molar refractivity (Wildman–Crippen MR) is 135 cm³/mol. The van der Waals surface area contributed by atoms with Crippen LogP contribution in [0.4, 0.5) is 5.69 Å². The molecule has 34 heavy (non-hydrogen) atoms. The molecule has 2 aromatic carbocycles. The highest BCUT2D eigenvalue weighted by molar-refractivity contribution is 7.93. The number of carbonyl (C=O) groups is 1. The maximum absolute atomic E-state index is 13.7. The van der Waals surface area contributed by atoms with Gasteiger partial charge in [-0.25, -0.2) is 8.42 Å². The van der Waals surface area contributed by atoms with E-state index >= 15 is 0 Å². The lowest BCUT2D eigenvalue weighted by Crippen LogP contribution is -2.46. The topological polar surface area (TPSA) is 79.4 Å². The van der Waals surface area contributed by atoms with E-state index in [9.17, 15) is 13.2 Å². The Kier molecular flexibility index (Phi) is 8.12. The number of amides is 1. The molecule has 1 saturated heterocycles. The zero-order valence-electron chi connectivity index (χ0n) is 19.6. The van der Waals surface area contributed by atoms with E-state index in [1.165, 1.54) is 30.7 Å². The molecule has 0 atom stereocenters. The Morgan fingerprint density at radius 3 is 2.38 bits per heavy atom. The summed E-state index contributed by atoms with van der Waals surface area (Å²) in [6.07, 6.45) is 3.75. The molecule has 0 saturated carbocycles. The summed E-state index contributed by atoms with van der Waals surface area (Å²) in [6.45, 7) is 3.35. The number of hydrogen-bond donors (Lipinski definition) is 0. The monoisotopic (exact) mass is 507 g/mol. The number of para-hydroxylation sites is 1. The maximum Gasteiger partial charge on any atom is 0.268 e. The van der Waals surface area contributed by atoms with E-state index < -0.39 is 10.0 Å². The second kappa shape index (κ2) is 10.7. The molecule has 184 valence electrons. The van der Waals surface area contributed by atoms with Crippen LogP contribution in [0.2, 0.25) is 0 Å². The molecule has 0 bridgehead atoms. The summed E-state index contributed by atoms with van der Waals surface area (Å²) in [5.74, 6) is 0.331. The zero-order chi connectivity index (χ0) is 23.6. The number of methoxy groups -OCH3 is 2. The van der Waals surface area contributed by atoms with Gasteiger partial charge in [-0.3, -0.25) is 9.10 Å². The SMILES string of the molecule is COc1cc(C=CC(=O)N2CCN(C)CC2)cc(S(=O)(=O)N2CCc3ccccc32)c1OC.Cl. The van der Waals surface area contributed by atoms with E-state index in [2.05, 4.69) is 4.90 Å². The molecule has 0 N–H and O–H groups in total. The fourth-order valence-electron chi connectivity index (χ4n) is 4.21. The highest BCUT2D eigenvalue weighted by Crippen LogP contribution is 2.40. The van der Waals surface area contributed by atoms with Gasteiger partial charge in [-0.2, -0.15) is 0 Å². The second-order valence-corrected chi connectivity index (χ2v) is 10.0. The molecule has 2 aromatic rings. The van der Waals surface area contributed by atoms with Crippen molar-refractivity contribution in [2.45, 2.75) is 11.3 Å². The molecule has 0 aliphatic carbocycles. The Hall–Kier alpha value is -2.75. The Morgan fingerprint density at radius 1 is 1.00 bits per heavy atom. The molecule has 1 fully saturated rings. The van der Waals surface area contributed by atoms with Gasteiger partial charge in [-0.05, 0) is 48.9 Å². The molecule has 0 radical (unpaired) electrons. The molecule has 4 rings (SSSR count). The second-order valence-electron chi connectivity index (χ2n) is 8.17. The largest absolute Gasteiger partial charge is 0.493 e. The average molecular weight is 508 g/mol. The van der Waals surface area contributed by atoms with Crippen LogP contribution in [0.3, 0.4) is 0 Å². The maximum atomic E-state index is 13.7. The quantitative estimate of drug-likeness (QED) is 0.559. The number of nitrogens with zero attached hydrogens (tertiary/aromatic N) is 3. The summed E-state index contributed by atoms with van der Waals surface area (Å²) in [5, 5.41) is 0. The first kappa shape index (κ1) is 25.9. The summed E-state index contributed by atoms with van der Waals surface area (Å²) >= 11 is 0. The van der Waals surface area contributed by atoms with Crippen molar-refractivity contribution in [1.29, 1.82) is 0 Å². The number of carbonyl (C=O) groups excluding carboxylic acids is 1. The summed E-state index contributed by atoms with van der Waals surface area (Å²) in [5.41, 5.74) is 2.20. The molecule has 0 spiro atoms. The number of benzene rings is 2. The van der Waals surface area contributed by atoms with Crippen LogP contribution in [0.5, 0.6) is 11.5 Å². The molecule has 0 unspecified atom stereocenters. The Labute approximate surface area is 207 Å². The number of fused-ring (bicyclic) bond motifs is 1. The lowest BCUT2D eigenvalue weighted by molar-refractivity contribution is -0.127. The van der Waals surface area contributed by atoms with Crippen molar-refractivity contribution >= 4 is 40.1 Å². The third-order valence-electron chi connectivity index (χ3n) is 6.11. The van der Waals surface area contributed by atoms with Gasteiger partial charge < -0.3 is 19.3 Å². The van der Waals surface area contributed by atoms with Gasteiger partial charge in [-0.1, -0.05) is 18.2 Å². The van der Waals surface area contributed by atoms with E-state index in [1.54, 1.807) is 17.0 Å². The summed E-state index contributed by atoms with van der Waals surface area (Å²) in [4.78, 5) is 16.6. The van der Waals surface area contributed by atoms with E-state index in [0.717, 1.165) is 18.7 Å². The molecule has 0 aromatic heterocycles. The van der Waals surface area contributed by atoms with Gasteiger partial charge in [0.2, 0.25) is 5.91 Å². The third kappa shape index (κ3) is 5.01. The summed E-state index contributed by atoms with van der Waals surface area (Å²) in [6, 6.07) is 10.7. The number of ether oxygens (including phenoxy) is 2. The summed E-state index contributed by atoms with van der Waals surface area (Å²) in [7, 11) is 0.987. The van der Waals surface area contributed by atoms with Crippen LogP contribution >= 0.6 is 12.4 Å². The number of rotatable bonds is 6. The van der Waals surface area contributed by atoms with Crippen LogP contribution in [0.15, 0.2) is 47.4 Å². The van der Waals surface area contributed by atoms with Crippen molar-refractivity contribution in [1.82, 2.24) is 9.80 Å². The number of piperazine rings is 1. The molecule has 2 aliphatic rings. The average Bonchev–Trinajstić information content (AvgIpc) is 3.27. The predicted octanol–water partition coefficient (Wildman–Crippen LogP) is 2.66. The van der Waals surface area contributed by atoms with E-state index in [4.69, 9.17) is 9.47 Å². The van der Waals surface area contributed by atoms with Gasteiger partial charge in [0, 0.05) is 38.8 Å². The smallest absolute Gasteiger partial charge is 0.268 e. The zero-order valence-corrected chi connectivity index (χ0v) is 21.2. The Bertz CT molecular complexity index is 1180. The van der Waals surface area contributed by atoms with E-state index in [0.29, 0.717) is 37.3 Å². The third-order valence-corrected chi connectivity index (χ3v) is 7.93. The van der Waals surface area contributed by atoms with Gasteiger partial charge in [0.05, 0.1) is 19.9 Å². The minimum Gasteiger partial charge on any atom is -0.493 e. The number of halogens is 1. The molecular formula is C24H30ClN3O5S. The first-order valence-corrected chi connectivity index (χ1v) is 12.3. The first-order valence-electron chi connectivity index (χ1n) is 10.9. The highest BCUT2D eigenvalue weighted by atomic mass is 35.5. The molecular weight excluding hydrogens is 478 g/mol. The molecule has 10 heteroatoms. The summed E-state index contributed by atoms with van der Waals surface area (Å²) < 4.78 is 39.7. The number of anilines is 1. The van der Waals surface area contributed by atoms with Crippen molar-refractivity contribution in [3.05, 3.63) is 53.6 Å². The minimum absolute atomic E-state index is 0. The Morgan fingerprint density at radius 2 is 1.71 bits per heavy atom. The molecule has 1 amide bonds. The fraction of sp³-hybridized carbons (Fsp3) is 0.375.